The van der Waals surface area contributed by atoms with Crippen LogP contribution in [0.4, 0.5) is 5.69 Å². The highest BCUT2D eigenvalue weighted by Crippen LogP contribution is 2.33. The van der Waals surface area contributed by atoms with Crippen LogP contribution in [-0.4, -0.2) is 16.2 Å². The number of rotatable bonds is 2. The maximum absolute atomic E-state index is 10.8. The second-order valence-corrected chi connectivity index (χ2v) is 3.89. The number of aromatic nitrogens is 1. The first kappa shape index (κ1) is 10.9. The van der Waals surface area contributed by atoms with E-state index >= 15 is 0 Å². The number of carbonyl (C=O) groups excluding carboxylic acids is 1. The zero-order valence-electron chi connectivity index (χ0n) is 7.66. The zero-order chi connectivity index (χ0) is 11.9. The Balaban J connectivity index is 2.94. The third-order valence-corrected chi connectivity index (χ3v) is 2.67. The highest BCUT2D eigenvalue weighted by atomic mass is 35.5. The molecule has 7 heteroatoms. The number of nitro groups is 1. The van der Waals surface area contributed by atoms with Crippen LogP contribution in [-0.2, 0) is 0 Å². The molecule has 0 saturated carbocycles. The molecule has 2 aromatic rings. The van der Waals surface area contributed by atoms with Crippen molar-refractivity contribution in [3.63, 3.8) is 0 Å². The Labute approximate surface area is 99.1 Å². The molecule has 16 heavy (non-hydrogen) atoms. The fraction of sp³-hybridized carbons (Fsp3) is 0. The van der Waals surface area contributed by atoms with Crippen molar-refractivity contribution in [3.05, 3.63) is 38.0 Å². The van der Waals surface area contributed by atoms with Crippen molar-refractivity contribution in [3.8, 4) is 0 Å². The summed E-state index contributed by atoms with van der Waals surface area (Å²) in [6.07, 6.45) is 0.529. The molecular weight excluding hydrogens is 255 g/mol. The number of benzene rings is 1. The van der Waals surface area contributed by atoms with Crippen LogP contribution in [0.2, 0.25) is 10.2 Å². The van der Waals surface area contributed by atoms with E-state index in [0.717, 1.165) is 0 Å². The second-order valence-electron chi connectivity index (χ2n) is 3.08. The van der Waals surface area contributed by atoms with Gasteiger partial charge in [-0.2, -0.15) is 0 Å². The summed E-state index contributed by atoms with van der Waals surface area (Å²) in [5, 5.41) is 11.4. The zero-order valence-corrected chi connectivity index (χ0v) is 9.17. The Morgan fingerprint density at radius 2 is 2.06 bits per heavy atom. The summed E-state index contributed by atoms with van der Waals surface area (Å²) in [7, 11) is 0. The summed E-state index contributed by atoms with van der Waals surface area (Å²) >= 11 is 11.5. The molecule has 82 valence electrons. The lowest BCUT2D eigenvalue weighted by molar-refractivity contribution is -0.383. The number of non-ortho nitro benzene ring substituents is 1. The fourth-order valence-corrected chi connectivity index (χ4v) is 1.94. The lowest BCUT2D eigenvalue weighted by Crippen LogP contribution is -1.89. The molecule has 1 aromatic heterocycles. The molecule has 0 spiro atoms. The molecule has 0 atom stereocenters. The highest BCUT2D eigenvalue weighted by Gasteiger charge is 2.19. The molecule has 1 N–H and O–H groups in total. The van der Waals surface area contributed by atoms with E-state index in [1.165, 1.54) is 12.1 Å². The topological polar surface area (TPSA) is 76.0 Å². The summed E-state index contributed by atoms with van der Waals surface area (Å²) in [6, 6.07) is 2.65. The molecule has 2 rings (SSSR count). The first-order valence-corrected chi connectivity index (χ1v) is 4.90. The van der Waals surface area contributed by atoms with Gasteiger partial charge < -0.3 is 4.98 Å². The molecule has 0 aliphatic heterocycles. The van der Waals surface area contributed by atoms with Gasteiger partial charge in [0.15, 0.2) is 6.29 Å². The van der Waals surface area contributed by atoms with Crippen LogP contribution in [0.15, 0.2) is 12.1 Å². The smallest absolute Gasteiger partial charge is 0.294 e. The quantitative estimate of drug-likeness (QED) is 0.511. The third-order valence-electron chi connectivity index (χ3n) is 2.16. The lowest BCUT2D eigenvalue weighted by Gasteiger charge is -1.95. The Hall–Kier alpha value is -1.59. The molecule has 0 unspecified atom stereocenters. The minimum Gasteiger partial charge on any atom is -0.339 e. The van der Waals surface area contributed by atoms with Crippen molar-refractivity contribution in [2.75, 3.05) is 0 Å². The number of carbonyl (C=O) groups is 1. The van der Waals surface area contributed by atoms with Gasteiger partial charge in [0.25, 0.3) is 5.69 Å². The predicted molar refractivity (Wildman–Crippen MR) is 60.4 cm³/mol. The van der Waals surface area contributed by atoms with Gasteiger partial charge in [-0.3, -0.25) is 14.9 Å². The molecule has 0 aliphatic rings. The Kier molecular flexibility index (Phi) is 2.57. The lowest BCUT2D eigenvalue weighted by atomic mass is 10.1. The van der Waals surface area contributed by atoms with Crippen LogP contribution in [0, 0.1) is 10.1 Å². The van der Waals surface area contributed by atoms with Crippen LogP contribution < -0.4 is 0 Å². The molecule has 0 radical (unpaired) electrons. The molecule has 0 saturated heterocycles. The molecule has 0 amide bonds. The van der Waals surface area contributed by atoms with Crippen molar-refractivity contribution >= 4 is 46.1 Å². The first-order chi connectivity index (χ1) is 7.54. The molecule has 0 aliphatic carbocycles. The van der Waals surface area contributed by atoms with Gasteiger partial charge in [-0.1, -0.05) is 23.2 Å². The highest BCUT2D eigenvalue weighted by molar-refractivity contribution is 6.35. The minimum absolute atomic E-state index is 0.0652. The Morgan fingerprint density at radius 3 is 2.62 bits per heavy atom. The normalized spacial score (nSPS) is 10.6. The van der Waals surface area contributed by atoms with Gasteiger partial charge >= 0.3 is 0 Å². The number of halogens is 2. The standard InChI is InChI=1S/C9H4Cl2N2O3/c10-4-1-5-6(3-14)9(11)12-8(5)7(2-4)13(15)16/h1-3,12H. The number of aromatic amines is 1. The van der Waals surface area contributed by atoms with E-state index < -0.39 is 4.92 Å². The number of fused-ring (bicyclic) bond motifs is 1. The number of aldehydes is 1. The number of nitrogens with one attached hydrogen (secondary N) is 1. The number of hydrogen-bond acceptors (Lipinski definition) is 3. The first-order valence-electron chi connectivity index (χ1n) is 4.15. The average Bonchev–Trinajstić information content (AvgIpc) is 2.52. The van der Waals surface area contributed by atoms with Gasteiger partial charge in [0.05, 0.1) is 10.5 Å². The number of nitrogens with zero attached hydrogens (tertiary/aromatic N) is 1. The van der Waals surface area contributed by atoms with Crippen LogP contribution in [0.5, 0.6) is 0 Å². The molecule has 1 aromatic carbocycles. The minimum atomic E-state index is -0.588. The second kappa shape index (κ2) is 3.77. The SMILES string of the molecule is O=Cc1c(Cl)[nH]c2c([N+](=O)[O-])cc(Cl)cc12. The Morgan fingerprint density at radius 1 is 1.38 bits per heavy atom. The van der Waals surface area contributed by atoms with Crippen LogP contribution >= 0.6 is 23.2 Å². The van der Waals surface area contributed by atoms with E-state index in [0.29, 0.717) is 11.7 Å². The van der Waals surface area contributed by atoms with Crippen molar-refractivity contribution in [1.82, 2.24) is 4.98 Å². The van der Waals surface area contributed by atoms with Gasteiger partial charge in [-0.05, 0) is 6.07 Å². The number of nitro benzene ring substituents is 1. The van der Waals surface area contributed by atoms with E-state index in [1.54, 1.807) is 0 Å². The average molecular weight is 259 g/mol. The summed E-state index contributed by atoms with van der Waals surface area (Å²) in [5.74, 6) is 0. The van der Waals surface area contributed by atoms with Crippen LogP contribution in [0.25, 0.3) is 10.9 Å². The molecule has 1 heterocycles. The summed E-state index contributed by atoms with van der Waals surface area (Å²) in [5.41, 5.74) is 0.154. The van der Waals surface area contributed by atoms with Crippen molar-refractivity contribution in [1.29, 1.82) is 0 Å². The fourth-order valence-electron chi connectivity index (χ4n) is 1.49. The van der Waals surface area contributed by atoms with E-state index in [9.17, 15) is 14.9 Å². The van der Waals surface area contributed by atoms with Crippen LogP contribution in [0.3, 0.4) is 0 Å². The van der Waals surface area contributed by atoms with Gasteiger partial charge in [-0.25, -0.2) is 0 Å². The molecule has 0 fully saturated rings. The number of hydrogen-bond donors (Lipinski definition) is 1. The molecular formula is C9H4Cl2N2O3. The van der Waals surface area contributed by atoms with Crippen molar-refractivity contribution in [2.45, 2.75) is 0 Å². The largest absolute Gasteiger partial charge is 0.339 e. The summed E-state index contributed by atoms with van der Waals surface area (Å²) in [6.45, 7) is 0. The van der Waals surface area contributed by atoms with E-state index in [2.05, 4.69) is 4.98 Å². The third kappa shape index (κ3) is 1.54. The van der Waals surface area contributed by atoms with Crippen molar-refractivity contribution in [2.24, 2.45) is 0 Å². The number of H-pyrrole nitrogens is 1. The maximum atomic E-state index is 10.8. The van der Waals surface area contributed by atoms with E-state index in [-0.39, 0.29) is 26.9 Å². The maximum Gasteiger partial charge on any atom is 0.294 e. The van der Waals surface area contributed by atoms with Gasteiger partial charge in [-0.15, -0.1) is 0 Å². The van der Waals surface area contributed by atoms with Crippen LogP contribution in [0.1, 0.15) is 10.4 Å². The van der Waals surface area contributed by atoms with Crippen molar-refractivity contribution < 1.29 is 9.72 Å². The predicted octanol–water partition coefficient (Wildman–Crippen LogP) is 3.20. The van der Waals surface area contributed by atoms with Gasteiger partial charge in [0.1, 0.15) is 10.7 Å². The van der Waals surface area contributed by atoms with Gasteiger partial charge in [0, 0.05) is 16.5 Å². The monoisotopic (exact) mass is 258 g/mol. The summed E-state index contributed by atoms with van der Waals surface area (Å²) in [4.78, 5) is 23.6. The van der Waals surface area contributed by atoms with E-state index in [1.807, 2.05) is 0 Å². The Bertz CT molecular complexity index is 606. The van der Waals surface area contributed by atoms with E-state index in [4.69, 9.17) is 23.2 Å². The van der Waals surface area contributed by atoms with Gasteiger partial charge in [0.2, 0.25) is 0 Å². The summed E-state index contributed by atoms with van der Waals surface area (Å²) < 4.78 is 0. The molecule has 5 nitrogen and oxygen atoms in total. The molecule has 0 bridgehead atoms.